The van der Waals surface area contributed by atoms with Crippen molar-refractivity contribution < 1.29 is 13.2 Å². The van der Waals surface area contributed by atoms with Gasteiger partial charge in [-0.3, -0.25) is 4.79 Å². The van der Waals surface area contributed by atoms with E-state index in [1.54, 1.807) is 6.07 Å². The molecule has 3 rings (SSSR count). The van der Waals surface area contributed by atoms with E-state index in [1.165, 1.54) is 18.2 Å². The molecule has 0 fully saturated rings. The number of nitrogens with one attached hydrogen (secondary N) is 2. The minimum atomic E-state index is -4.12. The Morgan fingerprint density at radius 3 is 2.55 bits per heavy atom. The summed E-state index contributed by atoms with van der Waals surface area (Å²) in [5, 5.41) is 0.0386. The van der Waals surface area contributed by atoms with E-state index in [0.717, 1.165) is 11.1 Å². The number of aromatic amines is 1. The van der Waals surface area contributed by atoms with Crippen LogP contribution in [-0.4, -0.2) is 24.3 Å². The van der Waals surface area contributed by atoms with Crippen LogP contribution in [0.2, 0.25) is 5.02 Å². The molecule has 0 saturated carbocycles. The molecule has 0 aliphatic rings. The van der Waals surface area contributed by atoms with E-state index in [1.807, 2.05) is 31.2 Å². The molecule has 0 spiro atoms. The fraction of sp³-hybridized carbons (Fsp3) is 0.238. The molecule has 3 aromatic rings. The van der Waals surface area contributed by atoms with E-state index in [0.29, 0.717) is 23.9 Å². The van der Waals surface area contributed by atoms with Gasteiger partial charge in [-0.05, 0) is 36.1 Å². The molecule has 6 nitrogen and oxygen atoms in total. The van der Waals surface area contributed by atoms with Gasteiger partial charge in [0.15, 0.2) is 5.69 Å². The molecule has 0 saturated heterocycles. The van der Waals surface area contributed by atoms with Crippen molar-refractivity contribution in [1.82, 2.24) is 14.7 Å². The second-order valence-corrected chi connectivity index (χ2v) is 8.97. The zero-order valence-electron chi connectivity index (χ0n) is 16.4. The predicted octanol–water partition coefficient (Wildman–Crippen LogP) is 4.53. The van der Waals surface area contributed by atoms with Crippen LogP contribution in [0.5, 0.6) is 0 Å². The number of halogens is 1. The minimum absolute atomic E-state index is 0.0386. The van der Waals surface area contributed by atoms with E-state index >= 15 is 0 Å². The summed E-state index contributed by atoms with van der Waals surface area (Å²) in [5.41, 5.74) is 2.58. The van der Waals surface area contributed by atoms with Crippen molar-refractivity contribution in [1.29, 1.82) is 0 Å². The van der Waals surface area contributed by atoms with E-state index in [-0.39, 0.29) is 15.6 Å². The molecule has 0 bridgehead atoms. The number of nitrogens with zero attached hydrogens (tertiary/aromatic N) is 1. The van der Waals surface area contributed by atoms with Crippen molar-refractivity contribution in [2.24, 2.45) is 0 Å². The lowest BCUT2D eigenvalue weighted by atomic mass is 10.0. The summed E-state index contributed by atoms with van der Waals surface area (Å²) in [7, 11) is -4.12. The lowest BCUT2D eigenvalue weighted by Crippen LogP contribution is -2.31. The standard InChI is InChI=1S/C21H22ClN3O3S/c1-4-17-19(21(26)25-29(27,28)18-11-6-5-10-16(18)22)24-20(23-17)15-9-7-8-14(12-15)13(2)3/h5-13H,4H2,1-3H3,(H,23,24)(H,25,26). The molecule has 0 aliphatic heterocycles. The van der Waals surface area contributed by atoms with Crippen LogP contribution in [0, 0.1) is 0 Å². The molecule has 1 aromatic heterocycles. The fourth-order valence-electron chi connectivity index (χ4n) is 2.92. The fourth-order valence-corrected chi connectivity index (χ4v) is 4.40. The average molecular weight is 432 g/mol. The van der Waals surface area contributed by atoms with E-state index < -0.39 is 15.9 Å². The number of aromatic nitrogens is 2. The first-order valence-electron chi connectivity index (χ1n) is 9.23. The van der Waals surface area contributed by atoms with Crippen molar-refractivity contribution in [2.45, 2.75) is 38.0 Å². The van der Waals surface area contributed by atoms with Gasteiger partial charge in [-0.15, -0.1) is 0 Å². The van der Waals surface area contributed by atoms with E-state index in [4.69, 9.17) is 11.6 Å². The summed E-state index contributed by atoms with van der Waals surface area (Å²) in [6.07, 6.45) is 0.492. The molecule has 2 N–H and O–H groups in total. The molecule has 1 heterocycles. The highest BCUT2D eigenvalue weighted by Crippen LogP contribution is 2.24. The number of sulfonamides is 1. The normalized spacial score (nSPS) is 11.6. The van der Waals surface area contributed by atoms with Gasteiger partial charge in [0, 0.05) is 11.3 Å². The molecule has 2 aromatic carbocycles. The first-order chi connectivity index (χ1) is 13.7. The number of aryl methyl sites for hydroxylation is 1. The third-order valence-corrected chi connectivity index (χ3v) is 6.36. The van der Waals surface area contributed by atoms with Crippen LogP contribution < -0.4 is 4.72 Å². The van der Waals surface area contributed by atoms with Gasteiger partial charge in [0.05, 0.1) is 5.02 Å². The Kier molecular flexibility index (Phi) is 6.10. The Hall–Kier alpha value is -2.64. The number of benzene rings is 2. The molecule has 0 aliphatic carbocycles. The molecule has 1 amide bonds. The van der Waals surface area contributed by atoms with Crippen LogP contribution in [-0.2, 0) is 16.4 Å². The molecule has 29 heavy (non-hydrogen) atoms. The largest absolute Gasteiger partial charge is 0.341 e. The molecular weight excluding hydrogens is 410 g/mol. The summed E-state index contributed by atoms with van der Waals surface area (Å²) >= 11 is 5.97. The highest BCUT2D eigenvalue weighted by atomic mass is 35.5. The van der Waals surface area contributed by atoms with Crippen LogP contribution in [0.4, 0.5) is 0 Å². The highest BCUT2D eigenvalue weighted by Gasteiger charge is 2.25. The Morgan fingerprint density at radius 2 is 1.90 bits per heavy atom. The zero-order chi connectivity index (χ0) is 21.2. The van der Waals surface area contributed by atoms with Gasteiger partial charge in [0.1, 0.15) is 10.7 Å². The van der Waals surface area contributed by atoms with Crippen molar-refractivity contribution >= 4 is 27.5 Å². The third-order valence-electron chi connectivity index (χ3n) is 4.53. The second kappa shape index (κ2) is 8.39. The monoisotopic (exact) mass is 431 g/mol. The average Bonchev–Trinajstić information content (AvgIpc) is 3.12. The summed E-state index contributed by atoms with van der Waals surface area (Å²) in [4.78, 5) is 20.1. The first kappa shape index (κ1) is 21.1. The number of amides is 1. The van der Waals surface area contributed by atoms with Crippen molar-refractivity contribution in [3.8, 4) is 11.4 Å². The van der Waals surface area contributed by atoms with E-state index in [2.05, 4.69) is 28.5 Å². The third kappa shape index (κ3) is 4.52. The molecule has 0 unspecified atom stereocenters. The summed E-state index contributed by atoms with van der Waals surface area (Å²) in [5.74, 6) is 0.0630. The highest BCUT2D eigenvalue weighted by molar-refractivity contribution is 7.90. The van der Waals surface area contributed by atoms with Gasteiger partial charge < -0.3 is 4.98 Å². The van der Waals surface area contributed by atoms with Crippen LogP contribution in [0.3, 0.4) is 0 Å². The van der Waals surface area contributed by atoms with E-state index in [9.17, 15) is 13.2 Å². The number of rotatable bonds is 6. The predicted molar refractivity (Wildman–Crippen MR) is 114 cm³/mol. The summed E-state index contributed by atoms with van der Waals surface area (Å²) in [6.45, 7) is 6.05. The van der Waals surface area contributed by atoms with Crippen molar-refractivity contribution in [3.05, 3.63) is 70.5 Å². The summed E-state index contributed by atoms with van der Waals surface area (Å²) in [6, 6.07) is 13.8. The number of hydrogen-bond acceptors (Lipinski definition) is 4. The number of H-pyrrole nitrogens is 1. The molecule has 0 atom stereocenters. The smallest absolute Gasteiger partial charge is 0.285 e. The Balaban J connectivity index is 1.94. The quantitative estimate of drug-likeness (QED) is 0.599. The maximum Gasteiger partial charge on any atom is 0.285 e. The topological polar surface area (TPSA) is 91.9 Å². The van der Waals surface area contributed by atoms with Gasteiger partial charge in [-0.25, -0.2) is 18.1 Å². The number of imidazole rings is 1. The number of hydrogen-bond donors (Lipinski definition) is 2. The van der Waals surface area contributed by atoms with Gasteiger partial charge in [0.2, 0.25) is 0 Å². The molecule has 0 radical (unpaired) electrons. The van der Waals surface area contributed by atoms with Crippen LogP contribution in [0.25, 0.3) is 11.4 Å². The second-order valence-electron chi connectivity index (χ2n) is 6.91. The SMILES string of the molecule is CCc1[nH]c(-c2cccc(C(C)C)c2)nc1C(=O)NS(=O)(=O)c1ccccc1Cl. The van der Waals surface area contributed by atoms with Gasteiger partial charge >= 0.3 is 0 Å². The van der Waals surface area contributed by atoms with Gasteiger partial charge in [-0.2, -0.15) is 0 Å². The lowest BCUT2D eigenvalue weighted by Gasteiger charge is -2.07. The maximum absolute atomic E-state index is 12.7. The Bertz CT molecular complexity index is 1150. The van der Waals surface area contributed by atoms with Gasteiger partial charge in [0.25, 0.3) is 15.9 Å². The van der Waals surface area contributed by atoms with Crippen LogP contribution in [0.1, 0.15) is 48.4 Å². The molecule has 152 valence electrons. The number of carbonyl (C=O) groups excluding carboxylic acids is 1. The molecular formula is C21H22ClN3O3S. The maximum atomic E-state index is 12.7. The van der Waals surface area contributed by atoms with Crippen molar-refractivity contribution in [3.63, 3.8) is 0 Å². The van der Waals surface area contributed by atoms with Gasteiger partial charge in [-0.1, -0.05) is 62.7 Å². The minimum Gasteiger partial charge on any atom is -0.341 e. The lowest BCUT2D eigenvalue weighted by molar-refractivity contribution is 0.0976. The van der Waals surface area contributed by atoms with Crippen molar-refractivity contribution in [2.75, 3.05) is 0 Å². The Labute approximate surface area is 175 Å². The first-order valence-corrected chi connectivity index (χ1v) is 11.1. The van der Waals surface area contributed by atoms with Crippen LogP contribution in [0.15, 0.2) is 53.4 Å². The zero-order valence-corrected chi connectivity index (χ0v) is 17.9. The number of carbonyl (C=O) groups is 1. The molecule has 8 heteroatoms. The van der Waals surface area contributed by atoms with Crippen LogP contribution >= 0.6 is 11.6 Å². The Morgan fingerprint density at radius 1 is 1.17 bits per heavy atom. The summed E-state index contributed by atoms with van der Waals surface area (Å²) < 4.78 is 27.2.